The second-order valence-corrected chi connectivity index (χ2v) is 4.63. The van der Waals surface area contributed by atoms with E-state index in [1.807, 2.05) is 6.92 Å². The zero-order chi connectivity index (χ0) is 13.8. The van der Waals surface area contributed by atoms with E-state index in [-0.39, 0.29) is 23.7 Å². The lowest BCUT2D eigenvalue weighted by Crippen LogP contribution is -2.46. The minimum absolute atomic E-state index is 0.0357. The number of aromatic nitrogens is 2. The summed E-state index contributed by atoms with van der Waals surface area (Å²) in [6.45, 7) is 4.68. The van der Waals surface area contributed by atoms with Crippen molar-refractivity contribution in [3.8, 4) is 0 Å². The molecule has 0 spiro atoms. The predicted octanol–water partition coefficient (Wildman–Crippen LogP) is 0.509. The Morgan fingerprint density at radius 3 is 2.63 bits per heavy atom. The number of hydrogen-bond donors (Lipinski definition) is 1. The summed E-state index contributed by atoms with van der Waals surface area (Å²) >= 11 is 0. The largest absolute Gasteiger partial charge is 0.353 e. The Balaban J connectivity index is 1.86. The van der Waals surface area contributed by atoms with Crippen LogP contribution in [0.5, 0.6) is 0 Å². The maximum atomic E-state index is 12.0. The maximum absolute atomic E-state index is 12.0. The fourth-order valence-corrected chi connectivity index (χ4v) is 2.08. The van der Waals surface area contributed by atoms with E-state index in [0.717, 1.165) is 12.8 Å². The number of carbonyl (C=O) groups excluding carboxylic acids is 2. The Hall–Kier alpha value is -1.92. The van der Waals surface area contributed by atoms with Crippen molar-refractivity contribution in [2.75, 3.05) is 13.1 Å². The molecule has 1 saturated heterocycles. The van der Waals surface area contributed by atoms with Crippen LogP contribution in [0, 0.1) is 6.92 Å². The van der Waals surface area contributed by atoms with E-state index in [1.54, 1.807) is 11.8 Å². The minimum Gasteiger partial charge on any atom is -0.353 e. The Labute approximate surface area is 111 Å². The maximum Gasteiger partial charge on any atom is 0.316 e. The second kappa shape index (κ2) is 5.81. The van der Waals surface area contributed by atoms with E-state index in [4.69, 9.17) is 4.52 Å². The third-order valence-corrected chi connectivity index (χ3v) is 3.18. The molecule has 2 heterocycles. The minimum atomic E-state index is -0.235. The number of rotatable bonds is 3. The fourth-order valence-electron chi connectivity index (χ4n) is 2.08. The van der Waals surface area contributed by atoms with Crippen molar-refractivity contribution in [3.63, 3.8) is 0 Å². The van der Waals surface area contributed by atoms with Gasteiger partial charge in [0, 0.05) is 25.6 Å². The van der Waals surface area contributed by atoms with Gasteiger partial charge >= 0.3 is 11.8 Å². The van der Waals surface area contributed by atoms with Gasteiger partial charge in [0.05, 0.1) is 0 Å². The van der Waals surface area contributed by atoms with Crippen molar-refractivity contribution in [2.45, 2.75) is 39.2 Å². The predicted molar refractivity (Wildman–Crippen MR) is 66.4 cm³/mol. The molecule has 7 heteroatoms. The van der Waals surface area contributed by atoms with E-state index in [2.05, 4.69) is 15.5 Å². The zero-order valence-electron chi connectivity index (χ0n) is 11.2. The lowest BCUT2D eigenvalue weighted by atomic mass is 10.0. The highest BCUT2D eigenvalue weighted by Gasteiger charge is 2.27. The number of nitrogens with zero attached hydrogens (tertiary/aromatic N) is 3. The van der Waals surface area contributed by atoms with E-state index in [1.165, 1.54) is 0 Å². The van der Waals surface area contributed by atoms with Gasteiger partial charge in [0.15, 0.2) is 5.82 Å². The molecule has 0 aliphatic carbocycles. The molecule has 1 aromatic heterocycles. The van der Waals surface area contributed by atoms with Gasteiger partial charge in [-0.15, -0.1) is 0 Å². The Morgan fingerprint density at radius 2 is 2.11 bits per heavy atom. The van der Waals surface area contributed by atoms with Crippen LogP contribution in [0.3, 0.4) is 0 Å². The molecule has 0 atom stereocenters. The van der Waals surface area contributed by atoms with Gasteiger partial charge in [0.25, 0.3) is 0 Å². The number of nitrogens with one attached hydrogen (secondary N) is 1. The van der Waals surface area contributed by atoms with Gasteiger partial charge in [0.2, 0.25) is 5.91 Å². The number of aryl methyl sites for hydroxylation is 1. The van der Waals surface area contributed by atoms with Crippen LogP contribution in [0.1, 0.15) is 42.7 Å². The van der Waals surface area contributed by atoms with Crippen molar-refractivity contribution in [1.82, 2.24) is 20.4 Å². The molecule has 0 aromatic carbocycles. The van der Waals surface area contributed by atoms with Crippen LogP contribution in [0.2, 0.25) is 0 Å². The van der Waals surface area contributed by atoms with Crippen LogP contribution in [-0.2, 0) is 4.79 Å². The average Bonchev–Trinajstić information content (AvgIpc) is 2.85. The molecule has 1 aliphatic heterocycles. The van der Waals surface area contributed by atoms with Crippen LogP contribution >= 0.6 is 0 Å². The van der Waals surface area contributed by atoms with Gasteiger partial charge in [-0.05, 0) is 19.8 Å². The molecule has 0 unspecified atom stereocenters. The van der Waals surface area contributed by atoms with Gasteiger partial charge in [-0.2, -0.15) is 4.98 Å². The van der Waals surface area contributed by atoms with Crippen LogP contribution < -0.4 is 5.32 Å². The van der Waals surface area contributed by atoms with Crippen molar-refractivity contribution in [1.29, 1.82) is 0 Å². The number of likely N-dealkylation sites (tertiary alicyclic amines) is 1. The van der Waals surface area contributed by atoms with Gasteiger partial charge in [-0.1, -0.05) is 12.1 Å². The summed E-state index contributed by atoms with van der Waals surface area (Å²) < 4.78 is 4.87. The van der Waals surface area contributed by atoms with Crippen molar-refractivity contribution < 1.29 is 14.1 Å². The number of carbonyl (C=O) groups is 2. The molecular weight excluding hydrogens is 248 g/mol. The zero-order valence-corrected chi connectivity index (χ0v) is 11.2. The molecule has 2 amide bonds. The normalized spacial score (nSPS) is 16.4. The first-order valence-corrected chi connectivity index (χ1v) is 6.49. The van der Waals surface area contributed by atoms with E-state index >= 15 is 0 Å². The smallest absolute Gasteiger partial charge is 0.316 e. The van der Waals surface area contributed by atoms with Gasteiger partial charge in [-0.3, -0.25) is 9.59 Å². The first kappa shape index (κ1) is 13.5. The highest BCUT2D eigenvalue weighted by Crippen LogP contribution is 2.13. The number of amides is 2. The molecule has 7 nitrogen and oxygen atoms in total. The molecule has 0 saturated carbocycles. The highest BCUT2D eigenvalue weighted by molar-refractivity contribution is 5.89. The molecule has 0 bridgehead atoms. The summed E-state index contributed by atoms with van der Waals surface area (Å²) in [7, 11) is 0. The second-order valence-electron chi connectivity index (χ2n) is 4.63. The first-order valence-electron chi connectivity index (χ1n) is 6.49. The van der Waals surface area contributed by atoms with Crippen molar-refractivity contribution in [3.05, 3.63) is 11.7 Å². The third-order valence-electron chi connectivity index (χ3n) is 3.18. The van der Waals surface area contributed by atoms with Gasteiger partial charge in [0.1, 0.15) is 0 Å². The Morgan fingerprint density at radius 1 is 1.42 bits per heavy atom. The van der Waals surface area contributed by atoms with Crippen LogP contribution in [0.15, 0.2) is 4.52 Å². The lowest BCUT2D eigenvalue weighted by Gasteiger charge is -2.31. The average molecular weight is 266 g/mol. The quantitative estimate of drug-likeness (QED) is 0.861. The summed E-state index contributed by atoms with van der Waals surface area (Å²) in [6.07, 6.45) is 2.00. The van der Waals surface area contributed by atoms with Crippen LogP contribution in [-0.4, -0.2) is 46.0 Å². The van der Waals surface area contributed by atoms with Crippen molar-refractivity contribution in [2.24, 2.45) is 0 Å². The molecule has 1 aromatic rings. The summed E-state index contributed by atoms with van der Waals surface area (Å²) in [4.78, 5) is 28.9. The van der Waals surface area contributed by atoms with E-state index < -0.39 is 0 Å². The topological polar surface area (TPSA) is 88.3 Å². The monoisotopic (exact) mass is 266 g/mol. The van der Waals surface area contributed by atoms with E-state index in [0.29, 0.717) is 25.3 Å². The van der Waals surface area contributed by atoms with Crippen LogP contribution in [0.25, 0.3) is 0 Å². The standard InChI is InChI=1S/C12H18N4O3/c1-3-10(17)14-9-4-6-16(7-5-9)12(18)11-13-8(2)15-19-11/h9H,3-7H2,1-2H3,(H,14,17). The van der Waals surface area contributed by atoms with Gasteiger partial charge < -0.3 is 14.7 Å². The third kappa shape index (κ3) is 3.30. The lowest BCUT2D eigenvalue weighted by molar-refractivity contribution is -0.121. The molecule has 0 radical (unpaired) electrons. The molecule has 1 fully saturated rings. The molecule has 104 valence electrons. The number of hydrogen-bond acceptors (Lipinski definition) is 5. The molecule has 2 rings (SSSR count). The Kier molecular flexibility index (Phi) is 4.13. The Bertz CT molecular complexity index is 463. The molecule has 19 heavy (non-hydrogen) atoms. The molecular formula is C12H18N4O3. The molecule has 1 N–H and O–H groups in total. The summed E-state index contributed by atoms with van der Waals surface area (Å²) in [5, 5.41) is 6.55. The SMILES string of the molecule is CCC(=O)NC1CCN(C(=O)c2nc(C)no2)CC1. The van der Waals surface area contributed by atoms with Crippen LogP contribution in [0.4, 0.5) is 0 Å². The summed E-state index contributed by atoms with van der Waals surface area (Å²) in [6, 6.07) is 0.154. The van der Waals surface area contributed by atoms with Crippen molar-refractivity contribution >= 4 is 11.8 Å². The van der Waals surface area contributed by atoms with E-state index in [9.17, 15) is 9.59 Å². The molecule has 1 aliphatic rings. The first-order chi connectivity index (χ1) is 9.10. The highest BCUT2D eigenvalue weighted by atomic mass is 16.5. The number of piperidine rings is 1. The summed E-state index contributed by atoms with van der Waals surface area (Å²) in [5.74, 6) is 0.306. The fraction of sp³-hybridized carbons (Fsp3) is 0.667. The van der Waals surface area contributed by atoms with Gasteiger partial charge in [-0.25, -0.2) is 0 Å². The summed E-state index contributed by atoms with van der Waals surface area (Å²) in [5.41, 5.74) is 0.